The molecule has 0 atom stereocenters. The van der Waals surface area contributed by atoms with Crippen LogP contribution in [0.15, 0.2) is 24.3 Å². The van der Waals surface area contributed by atoms with E-state index in [0.717, 1.165) is 22.7 Å². The molecule has 0 unspecified atom stereocenters. The second kappa shape index (κ2) is 5.67. The molecule has 2 aromatic rings. The van der Waals surface area contributed by atoms with Crippen molar-refractivity contribution in [2.75, 3.05) is 0 Å². The minimum absolute atomic E-state index is 0.0238. The Balaban J connectivity index is 2.04. The van der Waals surface area contributed by atoms with Gasteiger partial charge in [-0.25, -0.2) is 0 Å². The smallest absolute Gasteiger partial charge is 0.132 e. The number of aliphatic hydroxyl groups is 1. The number of ether oxygens (including phenoxy) is 1. The van der Waals surface area contributed by atoms with Gasteiger partial charge in [-0.3, -0.25) is 5.10 Å². The third-order valence-electron chi connectivity index (χ3n) is 3.41. The van der Waals surface area contributed by atoms with Gasteiger partial charge >= 0.3 is 0 Å². The van der Waals surface area contributed by atoms with E-state index in [1.807, 2.05) is 19.1 Å². The molecule has 0 aliphatic rings. The molecule has 1 aromatic carbocycles. The molecular formula is C16H22N2O2. The summed E-state index contributed by atoms with van der Waals surface area (Å²) < 4.78 is 5.72. The molecule has 4 heteroatoms. The highest BCUT2D eigenvalue weighted by Crippen LogP contribution is 2.24. The molecule has 0 amide bonds. The number of H-pyrrole nitrogens is 1. The van der Waals surface area contributed by atoms with Crippen LogP contribution in [0, 0.1) is 6.92 Å². The second-order valence-corrected chi connectivity index (χ2v) is 6.00. The van der Waals surface area contributed by atoms with Crippen LogP contribution in [0.1, 0.15) is 43.3 Å². The zero-order valence-electron chi connectivity index (χ0n) is 12.5. The zero-order chi connectivity index (χ0) is 14.8. The predicted molar refractivity (Wildman–Crippen MR) is 78.7 cm³/mol. The maximum Gasteiger partial charge on any atom is 0.132 e. The summed E-state index contributed by atoms with van der Waals surface area (Å²) in [6, 6.07) is 8.10. The van der Waals surface area contributed by atoms with Gasteiger partial charge in [0.05, 0.1) is 6.61 Å². The highest BCUT2D eigenvalue weighted by Gasteiger charge is 2.13. The number of aromatic nitrogens is 2. The Morgan fingerprint density at radius 2 is 1.85 bits per heavy atom. The van der Waals surface area contributed by atoms with Crippen LogP contribution >= 0.6 is 0 Å². The van der Waals surface area contributed by atoms with Crippen LogP contribution in [-0.4, -0.2) is 15.3 Å². The third-order valence-corrected chi connectivity index (χ3v) is 3.41. The Hall–Kier alpha value is -1.81. The number of benzene rings is 1. The van der Waals surface area contributed by atoms with Crippen molar-refractivity contribution in [2.45, 2.75) is 46.3 Å². The van der Waals surface area contributed by atoms with Gasteiger partial charge in [0.1, 0.15) is 18.1 Å². The quantitative estimate of drug-likeness (QED) is 0.900. The van der Waals surface area contributed by atoms with Crippen LogP contribution in [0.5, 0.6) is 5.75 Å². The van der Waals surface area contributed by atoms with Gasteiger partial charge in [-0.1, -0.05) is 32.9 Å². The number of hydrogen-bond donors (Lipinski definition) is 2. The van der Waals surface area contributed by atoms with Crippen LogP contribution < -0.4 is 4.74 Å². The Morgan fingerprint density at radius 3 is 2.40 bits per heavy atom. The summed E-state index contributed by atoms with van der Waals surface area (Å²) in [5.41, 5.74) is 3.87. The maximum absolute atomic E-state index is 9.30. The number of aryl methyl sites for hydroxylation is 1. The first-order valence-corrected chi connectivity index (χ1v) is 6.78. The lowest BCUT2D eigenvalue weighted by Crippen LogP contribution is -2.10. The average molecular weight is 274 g/mol. The Kier molecular flexibility index (Phi) is 4.14. The molecule has 108 valence electrons. The first-order chi connectivity index (χ1) is 9.41. The van der Waals surface area contributed by atoms with Gasteiger partial charge in [0, 0.05) is 11.3 Å². The molecule has 2 rings (SSSR count). The fourth-order valence-electron chi connectivity index (χ4n) is 2.03. The van der Waals surface area contributed by atoms with E-state index < -0.39 is 0 Å². The van der Waals surface area contributed by atoms with Crippen molar-refractivity contribution in [3.8, 4) is 5.75 Å². The van der Waals surface area contributed by atoms with E-state index in [2.05, 4.69) is 43.1 Å². The number of aliphatic hydroxyl groups excluding tert-OH is 1. The molecule has 2 N–H and O–H groups in total. The molecule has 0 aliphatic carbocycles. The lowest BCUT2D eigenvalue weighted by Gasteiger charge is -2.19. The monoisotopic (exact) mass is 274 g/mol. The third kappa shape index (κ3) is 3.20. The van der Waals surface area contributed by atoms with Crippen LogP contribution in [0.3, 0.4) is 0 Å². The predicted octanol–water partition coefficient (Wildman–Crippen LogP) is 3.09. The largest absolute Gasteiger partial charge is 0.487 e. The van der Waals surface area contributed by atoms with E-state index in [-0.39, 0.29) is 12.0 Å². The average Bonchev–Trinajstić information content (AvgIpc) is 2.76. The van der Waals surface area contributed by atoms with Crippen molar-refractivity contribution in [3.63, 3.8) is 0 Å². The molecule has 1 heterocycles. The van der Waals surface area contributed by atoms with Crippen LogP contribution in [0.2, 0.25) is 0 Å². The van der Waals surface area contributed by atoms with Crippen molar-refractivity contribution >= 4 is 0 Å². The summed E-state index contributed by atoms with van der Waals surface area (Å²) in [6.07, 6.45) is 0. The van der Waals surface area contributed by atoms with E-state index in [4.69, 9.17) is 4.74 Å². The van der Waals surface area contributed by atoms with Crippen molar-refractivity contribution in [2.24, 2.45) is 0 Å². The fraction of sp³-hybridized carbons (Fsp3) is 0.438. The molecule has 0 fully saturated rings. The standard InChI is InChI=1S/C16H22N2O2/c1-11-14(9-19)15(18-17-11)10-20-13-7-5-12(6-8-13)16(2,3)4/h5-8,19H,9-10H2,1-4H3,(H,17,18). The summed E-state index contributed by atoms with van der Waals surface area (Å²) in [7, 11) is 0. The number of nitrogens with one attached hydrogen (secondary N) is 1. The van der Waals surface area contributed by atoms with Crippen molar-refractivity contribution in [3.05, 3.63) is 46.8 Å². The van der Waals surface area contributed by atoms with Gasteiger partial charge in [-0.05, 0) is 30.0 Å². The summed E-state index contributed by atoms with van der Waals surface area (Å²) in [5.74, 6) is 0.808. The van der Waals surface area contributed by atoms with Gasteiger partial charge in [0.15, 0.2) is 0 Å². The molecule has 0 saturated carbocycles. The molecule has 0 bridgehead atoms. The summed E-state index contributed by atoms with van der Waals surface area (Å²) in [5, 5.41) is 16.3. The van der Waals surface area contributed by atoms with Crippen LogP contribution in [-0.2, 0) is 18.6 Å². The van der Waals surface area contributed by atoms with E-state index in [1.54, 1.807) is 0 Å². The SMILES string of the molecule is Cc1[nH]nc(COc2ccc(C(C)(C)C)cc2)c1CO. The molecule has 1 aromatic heterocycles. The number of rotatable bonds is 4. The van der Waals surface area contributed by atoms with E-state index in [9.17, 15) is 5.11 Å². The molecule has 0 spiro atoms. The Bertz CT molecular complexity index is 565. The summed E-state index contributed by atoms with van der Waals surface area (Å²) in [6.45, 7) is 8.77. The van der Waals surface area contributed by atoms with E-state index in [1.165, 1.54) is 5.56 Å². The van der Waals surface area contributed by atoms with Crippen LogP contribution in [0.4, 0.5) is 0 Å². The lowest BCUT2D eigenvalue weighted by atomic mass is 9.87. The van der Waals surface area contributed by atoms with Gasteiger partial charge in [-0.2, -0.15) is 5.10 Å². The molecular weight excluding hydrogens is 252 g/mol. The van der Waals surface area contributed by atoms with Gasteiger partial charge in [0.2, 0.25) is 0 Å². The zero-order valence-corrected chi connectivity index (χ0v) is 12.5. The summed E-state index contributed by atoms with van der Waals surface area (Å²) >= 11 is 0. The van der Waals surface area contributed by atoms with Crippen molar-refractivity contribution < 1.29 is 9.84 Å². The normalized spacial score (nSPS) is 11.7. The minimum Gasteiger partial charge on any atom is -0.487 e. The van der Waals surface area contributed by atoms with Crippen molar-refractivity contribution in [1.29, 1.82) is 0 Å². The van der Waals surface area contributed by atoms with E-state index >= 15 is 0 Å². The topological polar surface area (TPSA) is 58.1 Å². The Morgan fingerprint density at radius 1 is 1.20 bits per heavy atom. The first-order valence-electron chi connectivity index (χ1n) is 6.78. The minimum atomic E-state index is -0.0238. The highest BCUT2D eigenvalue weighted by molar-refractivity contribution is 5.31. The van der Waals surface area contributed by atoms with Crippen LogP contribution in [0.25, 0.3) is 0 Å². The molecule has 20 heavy (non-hydrogen) atoms. The second-order valence-electron chi connectivity index (χ2n) is 6.00. The first kappa shape index (κ1) is 14.6. The van der Waals surface area contributed by atoms with Gasteiger partial charge in [-0.15, -0.1) is 0 Å². The summed E-state index contributed by atoms with van der Waals surface area (Å²) in [4.78, 5) is 0. The number of nitrogens with zero attached hydrogens (tertiary/aromatic N) is 1. The highest BCUT2D eigenvalue weighted by atomic mass is 16.5. The molecule has 0 radical (unpaired) electrons. The lowest BCUT2D eigenvalue weighted by molar-refractivity contribution is 0.267. The molecule has 0 saturated heterocycles. The number of aromatic amines is 1. The van der Waals surface area contributed by atoms with Gasteiger partial charge < -0.3 is 9.84 Å². The Labute approximate surface area is 119 Å². The fourth-order valence-corrected chi connectivity index (χ4v) is 2.03. The van der Waals surface area contributed by atoms with Crippen molar-refractivity contribution in [1.82, 2.24) is 10.2 Å². The van der Waals surface area contributed by atoms with Gasteiger partial charge in [0.25, 0.3) is 0 Å². The molecule has 4 nitrogen and oxygen atoms in total. The number of hydrogen-bond acceptors (Lipinski definition) is 3. The molecule has 0 aliphatic heterocycles. The maximum atomic E-state index is 9.30. The van der Waals surface area contributed by atoms with E-state index in [0.29, 0.717) is 6.61 Å².